The second-order valence-corrected chi connectivity index (χ2v) is 5.17. The monoisotopic (exact) mass is 233 g/mol. The van der Waals surface area contributed by atoms with E-state index in [2.05, 4.69) is 24.1 Å². The Kier molecular flexibility index (Phi) is 4.06. The van der Waals surface area contributed by atoms with E-state index in [1.54, 1.807) is 6.92 Å². The molecule has 0 heterocycles. The van der Waals surface area contributed by atoms with Crippen molar-refractivity contribution < 1.29 is 5.11 Å². The van der Waals surface area contributed by atoms with Crippen molar-refractivity contribution in [2.24, 2.45) is 0 Å². The summed E-state index contributed by atoms with van der Waals surface area (Å²) in [6.07, 6.45) is 6.37. The first kappa shape index (κ1) is 12.4. The molecule has 2 rings (SSSR count). The molecule has 0 aliphatic heterocycles. The van der Waals surface area contributed by atoms with Gasteiger partial charge in [0.05, 0.1) is 6.10 Å². The molecule has 0 bridgehead atoms. The predicted octanol–water partition coefficient (Wildman–Crippen LogP) is 3.51. The minimum atomic E-state index is -0.371. The molecule has 1 aromatic carbocycles. The Morgan fingerprint density at radius 1 is 1.12 bits per heavy atom. The van der Waals surface area contributed by atoms with Gasteiger partial charge in [0.15, 0.2) is 0 Å². The molecule has 1 aliphatic carbocycles. The maximum atomic E-state index is 9.49. The van der Waals surface area contributed by atoms with Crippen molar-refractivity contribution in [1.82, 2.24) is 0 Å². The van der Waals surface area contributed by atoms with E-state index in [0.29, 0.717) is 6.04 Å². The highest BCUT2D eigenvalue weighted by Gasteiger charge is 2.18. The number of nitrogens with zero attached hydrogens (tertiary/aromatic N) is 1. The highest BCUT2D eigenvalue weighted by atomic mass is 16.3. The molecule has 1 aromatic rings. The van der Waals surface area contributed by atoms with E-state index in [-0.39, 0.29) is 6.10 Å². The molecule has 1 atom stereocenters. The Hall–Kier alpha value is -1.02. The third-order valence-electron chi connectivity index (χ3n) is 3.91. The summed E-state index contributed by atoms with van der Waals surface area (Å²) >= 11 is 0. The van der Waals surface area contributed by atoms with Crippen molar-refractivity contribution >= 4 is 5.69 Å². The van der Waals surface area contributed by atoms with Gasteiger partial charge in [-0.25, -0.2) is 0 Å². The van der Waals surface area contributed by atoms with E-state index in [1.165, 1.54) is 37.8 Å². The average molecular weight is 233 g/mol. The number of aliphatic hydroxyl groups is 1. The van der Waals surface area contributed by atoms with Crippen LogP contribution in [0.25, 0.3) is 0 Å². The lowest BCUT2D eigenvalue weighted by molar-refractivity contribution is 0.199. The Balaban J connectivity index is 2.05. The maximum absolute atomic E-state index is 9.49. The first-order valence-corrected chi connectivity index (χ1v) is 6.69. The van der Waals surface area contributed by atoms with Crippen LogP contribution in [0, 0.1) is 0 Å². The minimum Gasteiger partial charge on any atom is -0.389 e. The van der Waals surface area contributed by atoms with Gasteiger partial charge in [0.25, 0.3) is 0 Å². The van der Waals surface area contributed by atoms with Gasteiger partial charge >= 0.3 is 0 Å². The molecule has 0 amide bonds. The van der Waals surface area contributed by atoms with Crippen LogP contribution in [-0.2, 0) is 0 Å². The fraction of sp³-hybridized carbons (Fsp3) is 0.600. The molecule has 0 spiro atoms. The van der Waals surface area contributed by atoms with E-state index < -0.39 is 0 Å². The lowest BCUT2D eigenvalue weighted by atomic mass is 9.94. The molecule has 17 heavy (non-hydrogen) atoms. The van der Waals surface area contributed by atoms with Gasteiger partial charge in [-0.05, 0) is 37.5 Å². The van der Waals surface area contributed by atoms with Crippen LogP contribution in [0.2, 0.25) is 0 Å². The zero-order valence-electron chi connectivity index (χ0n) is 10.9. The Morgan fingerprint density at radius 3 is 2.24 bits per heavy atom. The smallest absolute Gasteiger partial charge is 0.0761 e. The zero-order chi connectivity index (χ0) is 12.3. The van der Waals surface area contributed by atoms with E-state index in [0.717, 1.165) is 5.56 Å². The van der Waals surface area contributed by atoms with Gasteiger partial charge in [0.2, 0.25) is 0 Å². The molecule has 0 unspecified atom stereocenters. The summed E-state index contributed by atoms with van der Waals surface area (Å²) < 4.78 is 0. The molecule has 1 fully saturated rings. The summed E-state index contributed by atoms with van der Waals surface area (Å²) in [5, 5.41) is 9.49. The second-order valence-electron chi connectivity index (χ2n) is 5.17. The molecule has 2 heteroatoms. The van der Waals surface area contributed by atoms with Crippen molar-refractivity contribution in [2.45, 2.75) is 51.2 Å². The van der Waals surface area contributed by atoms with Gasteiger partial charge in [-0.3, -0.25) is 0 Å². The first-order chi connectivity index (χ1) is 8.18. The quantitative estimate of drug-likeness (QED) is 0.863. The average Bonchev–Trinajstić information content (AvgIpc) is 2.39. The molecule has 1 saturated carbocycles. The van der Waals surface area contributed by atoms with Gasteiger partial charge in [0, 0.05) is 18.8 Å². The molecule has 1 aliphatic rings. The summed E-state index contributed by atoms with van der Waals surface area (Å²) in [7, 11) is 2.19. The van der Waals surface area contributed by atoms with Gasteiger partial charge < -0.3 is 10.0 Å². The Bertz CT molecular complexity index is 338. The number of anilines is 1. The minimum absolute atomic E-state index is 0.371. The van der Waals surface area contributed by atoms with Crippen molar-refractivity contribution in [3.63, 3.8) is 0 Å². The molecular weight excluding hydrogens is 210 g/mol. The number of hydrogen-bond acceptors (Lipinski definition) is 2. The van der Waals surface area contributed by atoms with Gasteiger partial charge in [-0.1, -0.05) is 31.4 Å². The molecular formula is C15H23NO. The SMILES string of the molecule is C[C@H](O)c1ccc(N(C)C2CCCCC2)cc1. The number of benzene rings is 1. The molecule has 94 valence electrons. The summed E-state index contributed by atoms with van der Waals surface area (Å²) in [4.78, 5) is 2.39. The van der Waals surface area contributed by atoms with Crippen LogP contribution in [0.3, 0.4) is 0 Å². The van der Waals surface area contributed by atoms with Crippen molar-refractivity contribution in [1.29, 1.82) is 0 Å². The third-order valence-corrected chi connectivity index (χ3v) is 3.91. The van der Waals surface area contributed by atoms with Crippen LogP contribution < -0.4 is 4.90 Å². The highest BCUT2D eigenvalue weighted by molar-refractivity contribution is 5.48. The van der Waals surface area contributed by atoms with Crippen LogP contribution in [-0.4, -0.2) is 18.2 Å². The molecule has 0 saturated heterocycles. The largest absolute Gasteiger partial charge is 0.389 e. The number of aliphatic hydroxyl groups excluding tert-OH is 1. The first-order valence-electron chi connectivity index (χ1n) is 6.69. The maximum Gasteiger partial charge on any atom is 0.0761 e. The lowest BCUT2D eigenvalue weighted by Crippen LogP contribution is -2.33. The van der Waals surface area contributed by atoms with Crippen LogP contribution >= 0.6 is 0 Å². The summed E-state index contributed by atoms with van der Waals surface area (Å²) in [6.45, 7) is 1.81. The van der Waals surface area contributed by atoms with E-state index in [9.17, 15) is 5.11 Å². The summed E-state index contributed by atoms with van der Waals surface area (Å²) in [5.41, 5.74) is 2.26. The van der Waals surface area contributed by atoms with E-state index in [1.807, 2.05) is 12.1 Å². The Labute approximate surface area is 104 Å². The van der Waals surface area contributed by atoms with Crippen LogP contribution in [0.15, 0.2) is 24.3 Å². The summed E-state index contributed by atoms with van der Waals surface area (Å²) in [5.74, 6) is 0. The summed E-state index contributed by atoms with van der Waals surface area (Å²) in [6, 6.07) is 8.99. The second kappa shape index (κ2) is 5.54. The number of hydrogen-bond donors (Lipinski definition) is 1. The predicted molar refractivity (Wildman–Crippen MR) is 72.4 cm³/mol. The van der Waals surface area contributed by atoms with E-state index >= 15 is 0 Å². The van der Waals surface area contributed by atoms with Crippen molar-refractivity contribution in [2.75, 3.05) is 11.9 Å². The van der Waals surface area contributed by atoms with Gasteiger partial charge in [-0.15, -0.1) is 0 Å². The van der Waals surface area contributed by atoms with Crippen LogP contribution in [0.4, 0.5) is 5.69 Å². The topological polar surface area (TPSA) is 23.5 Å². The fourth-order valence-corrected chi connectivity index (χ4v) is 2.67. The van der Waals surface area contributed by atoms with Gasteiger partial charge in [0.1, 0.15) is 0 Å². The fourth-order valence-electron chi connectivity index (χ4n) is 2.67. The number of rotatable bonds is 3. The molecule has 0 aromatic heterocycles. The third kappa shape index (κ3) is 3.01. The van der Waals surface area contributed by atoms with Crippen molar-refractivity contribution in [3.05, 3.63) is 29.8 Å². The standard InChI is InChI=1S/C15H23NO/c1-12(17)13-8-10-15(11-9-13)16(2)14-6-4-3-5-7-14/h8-12,14,17H,3-7H2,1-2H3/t12-/m0/s1. The van der Waals surface area contributed by atoms with Crippen LogP contribution in [0.1, 0.15) is 50.7 Å². The molecule has 2 nitrogen and oxygen atoms in total. The Morgan fingerprint density at radius 2 is 1.71 bits per heavy atom. The molecule has 1 N–H and O–H groups in total. The molecule has 0 radical (unpaired) electrons. The van der Waals surface area contributed by atoms with Crippen LogP contribution in [0.5, 0.6) is 0 Å². The zero-order valence-corrected chi connectivity index (χ0v) is 10.9. The van der Waals surface area contributed by atoms with Gasteiger partial charge in [-0.2, -0.15) is 0 Å². The highest BCUT2D eigenvalue weighted by Crippen LogP contribution is 2.26. The van der Waals surface area contributed by atoms with E-state index in [4.69, 9.17) is 0 Å². The normalized spacial score (nSPS) is 19.0. The van der Waals surface area contributed by atoms with Crippen molar-refractivity contribution in [3.8, 4) is 0 Å². The lowest BCUT2D eigenvalue weighted by Gasteiger charge is -2.33.